The number of aryl methyl sites for hydroxylation is 1. The summed E-state index contributed by atoms with van der Waals surface area (Å²) >= 11 is 0. The van der Waals surface area contributed by atoms with Gasteiger partial charge in [-0.1, -0.05) is 30.3 Å². The van der Waals surface area contributed by atoms with Crippen LogP contribution in [-0.4, -0.2) is 38.8 Å². The van der Waals surface area contributed by atoms with E-state index in [-0.39, 0.29) is 5.54 Å². The molecule has 1 saturated heterocycles. The van der Waals surface area contributed by atoms with E-state index in [1.54, 1.807) is 6.33 Å². The third-order valence-corrected chi connectivity index (χ3v) is 4.49. The van der Waals surface area contributed by atoms with Crippen LogP contribution in [0.2, 0.25) is 0 Å². The van der Waals surface area contributed by atoms with Gasteiger partial charge in [-0.3, -0.25) is 9.58 Å². The number of aromatic nitrogens is 3. The first kappa shape index (κ1) is 14.2. The van der Waals surface area contributed by atoms with Crippen LogP contribution in [0.15, 0.2) is 36.7 Å². The number of piperazine rings is 1. The molecule has 0 saturated carbocycles. The minimum atomic E-state index is -0.0215. The molecule has 1 aromatic heterocycles. The summed E-state index contributed by atoms with van der Waals surface area (Å²) in [5, 5.41) is 7.87. The van der Waals surface area contributed by atoms with E-state index in [0.29, 0.717) is 6.04 Å². The summed E-state index contributed by atoms with van der Waals surface area (Å²) < 4.78 is 1.86. The Labute approximate surface area is 126 Å². The summed E-state index contributed by atoms with van der Waals surface area (Å²) in [7, 11) is 1.95. The van der Waals surface area contributed by atoms with Crippen LogP contribution < -0.4 is 5.32 Å². The van der Waals surface area contributed by atoms with Crippen LogP contribution in [0.5, 0.6) is 0 Å². The van der Waals surface area contributed by atoms with E-state index in [4.69, 9.17) is 0 Å². The lowest BCUT2D eigenvalue weighted by Crippen LogP contribution is -2.60. The predicted molar refractivity (Wildman–Crippen MR) is 82.7 cm³/mol. The van der Waals surface area contributed by atoms with E-state index in [2.05, 4.69) is 64.5 Å². The maximum atomic E-state index is 4.35. The third kappa shape index (κ3) is 2.84. The zero-order valence-corrected chi connectivity index (χ0v) is 13.0. The molecule has 2 heterocycles. The van der Waals surface area contributed by atoms with Gasteiger partial charge in [-0.05, 0) is 19.4 Å². The van der Waals surface area contributed by atoms with Crippen molar-refractivity contribution in [1.29, 1.82) is 0 Å². The molecule has 112 valence electrons. The predicted octanol–water partition coefficient (Wildman–Crippen LogP) is 1.52. The quantitative estimate of drug-likeness (QED) is 0.929. The van der Waals surface area contributed by atoms with Crippen LogP contribution in [0.3, 0.4) is 0 Å². The van der Waals surface area contributed by atoms with Crippen LogP contribution in [0.1, 0.15) is 25.2 Å². The summed E-state index contributed by atoms with van der Waals surface area (Å²) in [6.07, 6.45) is 1.62. The second-order valence-corrected chi connectivity index (χ2v) is 6.13. The second kappa shape index (κ2) is 5.58. The van der Waals surface area contributed by atoms with E-state index in [9.17, 15) is 0 Å². The van der Waals surface area contributed by atoms with Gasteiger partial charge >= 0.3 is 0 Å². The summed E-state index contributed by atoms with van der Waals surface area (Å²) in [5.41, 5.74) is 1.31. The molecule has 5 nitrogen and oxygen atoms in total. The number of hydrogen-bond acceptors (Lipinski definition) is 4. The van der Waals surface area contributed by atoms with E-state index >= 15 is 0 Å². The first-order chi connectivity index (χ1) is 10.1. The van der Waals surface area contributed by atoms with E-state index < -0.39 is 0 Å². The summed E-state index contributed by atoms with van der Waals surface area (Å²) in [6, 6.07) is 11.2. The number of hydrogen-bond donors (Lipinski definition) is 1. The molecule has 0 amide bonds. The van der Waals surface area contributed by atoms with Crippen molar-refractivity contribution in [2.45, 2.75) is 32.0 Å². The Hall–Kier alpha value is -1.72. The molecule has 0 aliphatic carbocycles. The Kier molecular flexibility index (Phi) is 3.78. The zero-order valence-electron chi connectivity index (χ0n) is 13.0. The average Bonchev–Trinajstić information content (AvgIpc) is 2.89. The first-order valence-electron chi connectivity index (χ1n) is 7.46. The Bertz CT molecular complexity index is 594. The normalized spacial score (nSPS) is 26.9. The number of benzene rings is 1. The monoisotopic (exact) mass is 285 g/mol. The molecule has 1 aromatic carbocycles. The van der Waals surface area contributed by atoms with Gasteiger partial charge < -0.3 is 5.32 Å². The average molecular weight is 285 g/mol. The Balaban J connectivity index is 1.80. The highest BCUT2D eigenvalue weighted by atomic mass is 15.3. The molecule has 1 aliphatic rings. The highest BCUT2D eigenvalue weighted by molar-refractivity contribution is 5.25. The molecule has 2 aromatic rings. The molecule has 0 bridgehead atoms. The van der Waals surface area contributed by atoms with Crippen molar-refractivity contribution in [3.63, 3.8) is 0 Å². The SMILES string of the molecule is CC1CNC(C)(c2ccccc2)CN1Cc1ncnn1C. The van der Waals surface area contributed by atoms with E-state index in [1.165, 1.54) is 5.56 Å². The Morgan fingerprint density at radius 3 is 2.76 bits per heavy atom. The molecular weight excluding hydrogens is 262 g/mol. The number of nitrogens with one attached hydrogen (secondary N) is 1. The van der Waals surface area contributed by atoms with Crippen molar-refractivity contribution in [2.75, 3.05) is 13.1 Å². The van der Waals surface area contributed by atoms with Crippen molar-refractivity contribution in [3.05, 3.63) is 48.0 Å². The molecule has 3 rings (SSSR count). The highest BCUT2D eigenvalue weighted by Crippen LogP contribution is 2.27. The summed E-state index contributed by atoms with van der Waals surface area (Å²) in [6.45, 7) is 7.31. The van der Waals surface area contributed by atoms with Gasteiger partial charge in [0.15, 0.2) is 0 Å². The van der Waals surface area contributed by atoms with Crippen LogP contribution in [0.25, 0.3) is 0 Å². The molecule has 1 aliphatic heterocycles. The molecular formula is C16H23N5. The van der Waals surface area contributed by atoms with Gasteiger partial charge in [0.2, 0.25) is 0 Å². The van der Waals surface area contributed by atoms with Gasteiger partial charge in [0.1, 0.15) is 12.2 Å². The summed E-state index contributed by atoms with van der Waals surface area (Å²) in [5.74, 6) is 1.01. The van der Waals surface area contributed by atoms with Crippen LogP contribution in [-0.2, 0) is 19.1 Å². The minimum Gasteiger partial charge on any atom is -0.305 e. The van der Waals surface area contributed by atoms with Gasteiger partial charge in [-0.15, -0.1) is 0 Å². The molecule has 1 fully saturated rings. The smallest absolute Gasteiger partial charge is 0.140 e. The molecule has 2 atom stereocenters. The third-order valence-electron chi connectivity index (χ3n) is 4.49. The van der Waals surface area contributed by atoms with Crippen molar-refractivity contribution in [2.24, 2.45) is 7.05 Å². The highest BCUT2D eigenvalue weighted by Gasteiger charge is 2.35. The molecule has 0 spiro atoms. The van der Waals surface area contributed by atoms with Crippen LogP contribution in [0, 0.1) is 0 Å². The van der Waals surface area contributed by atoms with Gasteiger partial charge in [0.25, 0.3) is 0 Å². The standard InChI is InChI=1S/C16H23N5/c1-13-9-18-16(2,14-7-5-4-6-8-14)11-21(13)10-15-17-12-19-20(15)3/h4-8,12-13,18H,9-11H2,1-3H3. The van der Waals surface area contributed by atoms with Gasteiger partial charge in [0, 0.05) is 26.2 Å². The van der Waals surface area contributed by atoms with E-state index in [1.807, 2.05) is 11.7 Å². The Morgan fingerprint density at radius 2 is 2.10 bits per heavy atom. The largest absolute Gasteiger partial charge is 0.305 e. The van der Waals surface area contributed by atoms with Crippen molar-refractivity contribution in [3.8, 4) is 0 Å². The number of rotatable bonds is 3. The first-order valence-corrected chi connectivity index (χ1v) is 7.46. The fraction of sp³-hybridized carbons (Fsp3) is 0.500. The van der Waals surface area contributed by atoms with Crippen molar-refractivity contribution >= 4 is 0 Å². The molecule has 21 heavy (non-hydrogen) atoms. The second-order valence-electron chi connectivity index (χ2n) is 6.13. The topological polar surface area (TPSA) is 46.0 Å². The zero-order chi connectivity index (χ0) is 14.9. The molecule has 0 radical (unpaired) electrons. The maximum absolute atomic E-state index is 4.35. The number of nitrogens with zero attached hydrogens (tertiary/aromatic N) is 4. The van der Waals surface area contributed by atoms with Crippen LogP contribution in [0.4, 0.5) is 0 Å². The fourth-order valence-corrected chi connectivity index (χ4v) is 2.98. The Morgan fingerprint density at radius 1 is 1.33 bits per heavy atom. The molecule has 1 N–H and O–H groups in total. The molecule has 5 heteroatoms. The molecule has 2 unspecified atom stereocenters. The van der Waals surface area contributed by atoms with Gasteiger partial charge in [-0.2, -0.15) is 5.10 Å². The van der Waals surface area contributed by atoms with E-state index in [0.717, 1.165) is 25.5 Å². The lowest BCUT2D eigenvalue weighted by Gasteiger charge is -2.45. The van der Waals surface area contributed by atoms with Crippen LogP contribution >= 0.6 is 0 Å². The van der Waals surface area contributed by atoms with Crippen molar-refractivity contribution < 1.29 is 0 Å². The minimum absolute atomic E-state index is 0.0215. The lowest BCUT2D eigenvalue weighted by atomic mass is 9.88. The maximum Gasteiger partial charge on any atom is 0.140 e. The lowest BCUT2D eigenvalue weighted by molar-refractivity contribution is 0.0843. The fourth-order valence-electron chi connectivity index (χ4n) is 2.98. The van der Waals surface area contributed by atoms with Gasteiger partial charge in [0.05, 0.1) is 12.1 Å². The summed E-state index contributed by atoms with van der Waals surface area (Å²) in [4.78, 5) is 6.83. The van der Waals surface area contributed by atoms with Gasteiger partial charge in [-0.25, -0.2) is 4.98 Å². The van der Waals surface area contributed by atoms with Crippen molar-refractivity contribution in [1.82, 2.24) is 25.0 Å².